The first-order valence-electron chi connectivity index (χ1n) is 12.2. The highest BCUT2D eigenvalue weighted by atomic mass is 16.5. The fraction of sp³-hybridized carbons (Fsp3) is 0.296. The highest BCUT2D eigenvalue weighted by Gasteiger charge is 2.15. The zero-order valence-corrected chi connectivity index (χ0v) is 20.2. The molecule has 0 amide bonds. The molecule has 186 valence electrons. The van der Waals surface area contributed by atoms with Gasteiger partial charge in [0.2, 0.25) is 5.95 Å². The lowest BCUT2D eigenvalue weighted by Crippen LogP contribution is -2.37. The number of morpholine rings is 1. The van der Waals surface area contributed by atoms with Crippen LogP contribution in [-0.4, -0.2) is 69.2 Å². The van der Waals surface area contributed by atoms with Crippen molar-refractivity contribution in [3.63, 3.8) is 0 Å². The van der Waals surface area contributed by atoms with Crippen LogP contribution in [0.1, 0.15) is 5.56 Å². The van der Waals surface area contributed by atoms with Crippen LogP contribution < -0.4 is 11.1 Å². The molecule has 4 N–H and O–H groups in total. The van der Waals surface area contributed by atoms with Crippen molar-refractivity contribution in [3.05, 3.63) is 72.6 Å². The molecule has 0 bridgehead atoms. The van der Waals surface area contributed by atoms with E-state index in [1.54, 1.807) is 10.9 Å². The van der Waals surface area contributed by atoms with E-state index in [-0.39, 0.29) is 6.61 Å². The van der Waals surface area contributed by atoms with Gasteiger partial charge in [-0.3, -0.25) is 9.58 Å². The first-order chi connectivity index (χ1) is 17.7. The smallest absolute Gasteiger partial charge is 0.227 e. The third-order valence-corrected chi connectivity index (χ3v) is 6.21. The summed E-state index contributed by atoms with van der Waals surface area (Å²) < 4.78 is 7.17. The minimum Gasteiger partial charge on any atom is -0.399 e. The summed E-state index contributed by atoms with van der Waals surface area (Å²) in [5.74, 6) is 0.510. The molecule has 1 saturated heterocycles. The number of hydrogen-bond donors (Lipinski definition) is 3. The van der Waals surface area contributed by atoms with Crippen LogP contribution in [0, 0.1) is 0 Å². The molecule has 1 aliphatic rings. The first-order valence-corrected chi connectivity index (χ1v) is 12.2. The fourth-order valence-corrected chi connectivity index (χ4v) is 4.29. The average molecular weight is 486 g/mol. The Morgan fingerprint density at radius 3 is 2.67 bits per heavy atom. The predicted molar refractivity (Wildman–Crippen MR) is 141 cm³/mol. The summed E-state index contributed by atoms with van der Waals surface area (Å²) in [7, 11) is 0. The molecule has 9 heteroatoms. The molecule has 0 radical (unpaired) electrons. The van der Waals surface area contributed by atoms with Crippen molar-refractivity contribution < 1.29 is 9.84 Å². The van der Waals surface area contributed by atoms with E-state index in [1.165, 1.54) is 5.56 Å². The van der Waals surface area contributed by atoms with Crippen molar-refractivity contribution in [3.8, 4) is 22.5 Å². The number of ether oxygens (including phenoxy) is 1. The van der Waals surface area contributed by atoms with Crippen LogP contribution in [0.3, 0.4) is 0 Å². The Bertz CT molecular complexity index is 1280. The van der Waals surface area contributed by atoms with Crippen LogP contribution in [0.2, 0.25) is 0 Å². The van der Waals surface area contributed by atoms with Crippen LogP contribution in [0.4, 0.5) is 17.3 Å². The third kappa shape index (κ3) is 5.88. The lowest BCUT2D eigenvalue weighted by atomic mass is 10.1. The molecule has 2 aromatic heterocycles. The van der Waals surface area contributed by atoms with E-state index >= 15 is 0 Å². The SMILES string of the molecule is Nc1ccc(-c2nn(CCO)cc2-c2ccnc(Nc3cccc(CCN4CCOCC4)c3)n2)cc1. The number of aromatic nitrogens is 4. The largest absolute Gasteiger partial charge is 0.399 e. The lowest BCUT2D eigenvalue weighted by molar-refractivity contribution is 0.0384. The van der Waals surface area contributed by atoms with Gasteiger partial charge >= 0.3 is 0 Å². The second kappa shape index (κ2) is 11.3. The molecule has 1 fully saturated rings. The summed E-state index contributed by atoms with van der Waals surface area (Å²) in [5, 5.41) is 17.5. The molecule has 36 heavy (non-hydrogen) atoms. The highest BCUT2D eigenvalue weighted by Crippen LogP contribution is 2.31. The Morgan fingerprint density at radius 1 is 1.03 bits per heavy atom. The molecule has 2 aromatic carbocycles. The van der Waals surface area contributed by atoms with Gasteiger partial charge in [-0.05, 0) is 42.3 Å². The Balaban J connectivity index is 1.35. The van der Waals surface area contributed by atoms with Gasteiger partial charge in [-0.1, -0.05) is 24.3 Å². The van der Waals surface area contributed by atoms with Gasteiger partial charge in [0.15, 0.2) is 0 Å². The van der Waals surface area contributed by atoms with E-state index in [4.69, 9.17) is 15.5 Å². The number of anilines is 3. The summed E-state index contributed by atoms with van der Waals surface area (Å²) in [5.41, 5.74) is 12.1. The second-order valence-corrected chi connectivity index (χ2v) is 8.79. The Kier molecular flexibility index (Phi) is 7.51. The van der Waals surface area contributed by atoms with Crippen molar-refractivity contribution >= 4 is 17.3 Å². The summed E-state index contributed by atoms with van der Waals surface area (Å²) in [4.78, 5) is 11.7. The summed E-state index contributed by atoms with van der Waals surface area (Å²) >= 11 is 0. The fourth-order valence-electron chi connectivity index (χ4n) is 4.29. The van der Waals surface area contributed by atoms with Gasteiger partial charge in [-0.25, -0.2) is 9.97 Å². The van der Waals surface area contributed by atoms with Gasteiger partial charge in [0.05, 0.1) is 32.1 Å². The number of nitrogens with zero attached hydrogens (tertiary/aromatic N) is 5. The number of nitrogens with one attached hydrogen (secondary N) is 1. The van der Waals surface area contributed by atoms with E-state index in [0.717, 1.165) is 67.5 Å². The maximum atomic E-state index is 9.42. The van der Waals surface area contributed by atoms with Gasteiger partial charge < -0.3 is 20.9 Å². The van der Waals surface area contributed by atoms with Gasteiger partial charge in [0, 0.05) is 54.5 Å². The third-order valence-electron chi connectivity index (χ3n) is 6.21. The van der Waals surface area contributed by atoms with E-state index in [1.807, 2.05) is 42.6 Å². The molecule has 0 spiro atoms. The van der Waals surface area contributed by atoms with E-state index in [9.17, 15) is 5.11 Å². The molecule has 0 aliphatic carbocycles. The normalized spacial score (nSPS) is 14.1. The maximum absolute atomic E-state index is 9.42. The Hall–Kier alpha value is -3.79. The van der Waals surface area contributed by atoms with Crippen molar-refractivity contribution in [1.82, 2.24) is 24.6 Å². The minimum atomic E-state index is 0.000749. The molecule has 4 aromatic rings. The molecule has 1 aliphatic heterocycles. The van der Waals surface area contributed by atoms with Crippen LogP contribution in [-0.2, 0) is 17.7 Å². The molecular weight excluding hydrogens is 454 g/mol. The average Bonchev–Trinajstić information content (AvgIpc) is 3.33. The van der Waals surface area contributed by atoms with Gasteiger partial charge in [0.25, 0.3) is 0 Å². The quantitative estimate of drug-likeness (QED) is 0.310. The monoisotopic (exact) mass is 485 g/mol. The van der Waals surface area contributed by atoms with Crippen molar-refractivity contribution in [1.29, 1.82) is 0 Å². The van der Waals surface area contributed by atoms with E-state index in [2.05, 4.69) is 38.5 Å². The standard InChI is InChI=1S/C27H31N7O2/c28-22-6-4-21(5-7-22)26-24(19-34(32-26)12-15-35)25-8-10-29-27(31-25)30-23-3-1-2-20(18-23)9-11-33-13-16-36-17-14-33/h1-8,10,18-19,35H,9,11-17,28H2,(H,29,30,31). The molecule has 0 saturated carbocycles. The van der Waals surface area contributed by atoms with Crippen LogP contribution in [0.15, 0.2) is 67.0 Å². The van der Waals surface area contributed by atoms with Crippen molar-refractivity contribution in [2.24, 2.45) is 0 Å². The molecule has 0 unspecified atom stereocenters. The summed E-state index contributed by atoms with van der Waals surface area (Å²) in [6.07, 6.45) is 4.62. The summed E-state index contributed by atoms with van der Waals surface area (Å²) in [6.45, 7) is 5.03. The number of rotatable bonds is 9. The molecular formula is C27H31N7O2. The molecule has 9 nitrogen and oxygen atoms in total. The van der Waals surface area contributed by atoms with E-state index < -0.39 is 0 Å². The number of aliphatic hydroxyl groups excluding tert-OH is 1. The zero-order valence-electron chi connectivity index (χ0n) is 20.2. The van der Waals surface area contributed by atoms with Gasteiger partial charge in [-0.15, -0.1) is 0 Å². The topological polar surface area (TPSA) is 114 Å². The van der Waals surface area contributed by atoms with Gasteiger partial charge in [-0.2, -0.15) is 5.10 Å². The van der Waals surface area contributed by atoms with Crippen molar-refractivity contribution in [2.75, 3.05) is 50.5 Å². The van der Waals surface area contributed by atoms with Crippen LogP contribution in [0.5, 0.6) is 0 Å². The van der Waals surface area contributed by atoms with Gasteiger partial charge in [0.1, 0.15) is 5.69 Å². The predicted octanol–water partition coefficient (Wildman–Crippen LogP) is 3.20. The number of benzene rings is 2. The van der Waals surface area contributed by atoms with Crippen LogP contribution >= 0.6 is 0 Å². The molecule has 5 rings (SSSR count). The Labute approximate surface area is 210 Å². The second-order valence-electron chi connectivity index (χ2n) is 8.79. The first kappa shape index (κ1) is 23.9. The van der Waals surface area contributed by atoms with E-state index in [0.29, 0.717) is 18.2 Å². The number of aliphatic hydroxyl groups is 1. The minimum absolute atomic E-state index is 0.000749. The lowest BCUT2D eigenvalue weighted by Gasteiger charge is -2.26. The zero-order chi connectivity index (χ0) is 24.7. The highest BCUT2D eigenvalue weighted by molar-refractivity contribution is 5.79. The number of nitrogen functional groups attached to an aromatic ring is 1. The van der Waals surface area contributed by atoms with Crippen LogP contribution in [0.25, 0.3) is 22.5 Å². The molecule has 0 atom stereocenters. The Morgan fingerprint density at radius 2 is 1.86 bits per heavy atom. The number of nitrogens with two attached hydrogens (primary N) is 1. The summed E-state index contributed by atoms with van der Waals surface area (Å²) in [6, 6.07) is 17.8. The maximum Gasteiger partial charge on any atom is 0.227 e. The van der Waals surface area contributed by atoms with Crippen molar-refractivity contribution in [2.45, 2.75) is 13.0 Å². The molecule has 3 heterocycles. The number of hydrogen-bond acceptors (Lipinski definition) is 8.